The summed E-state index contributed by atoms with van der Waals surface area (Å²) in [5, 5.41) is 12.6. The van der Waals surface area contributed by atoms with E-state index in [2.05, 4.69) is 15.9 Å². The Hall–Kier alpha value is -0.190. The van der Waals surface area contributed by atoms with Gasteiger partial charge in [0.2, 0.25) is 0 Å². The van der Waals surface area contributed by atoms with Crippen LogP contribution in [-0.4, -0.2) is 11.4 Å². The van der Waals surface area contributed by atoms with E-state index >= 15 is 0 Å². The van der Waals surface area contributed by atoms with Crippen LogP contribution in [0, 0.1) is 0 Å². The Labute approximate surface area is 70.6 Å². The molecule has 2 nitrogen and oxygen atoms in total. The number of carbonyl (C=O) groups is 1. The van der Waals surface area contributed by atoms with Gasteiger partial charge in [0.25, 0.3) is 0 Å². The lowest BCUT2D eigenvalue weighted by Crippen LogP contribution is -1.95. The molecule has 0 aromatic carbocycles. The highest BCUT2D eigenvalue weighted by molar-refractivity contribution is 9.10. The highest BCUT2D eigenvalue weighted by atomic mass is 79.9. The van der Waals surface area contributed by atoms with Crippen LogP contribution in [0.4, 0.5) is 0 Å². The van der Waals surface area contributed by atoms with Gasteiger partial charge in [-0.25, -0.2) is 0 Å². The van der Waals surface area contributed by atoms with E-state index in [0.717, 1.165) is 4.47 Å². The van der Waals surface area contributed by atoms with Gasteiger partial charge in [0.1, 0.15) is 6.10 Å². The topological polar surface area (TPSA) is 37.3 Å². The molecule has 0 amide bonds. The molecule has 1 unspecified atom stereocenters. The third-order valence-corrected chi connectivity index (χ3v) is 2.84. The van der Waals surface area contributed by atoms with Gasteiger partial charge in [-0.05, 0) is 21.3 Å². The highest BCUT2D eigenvalue weighted by Crippen LogP contribution is 2.25. The van der Waals surface area contributed by atoms with Gasteiger partial charge in [-0.15, -0.1) is 0 Å². The monoisotopic (exact) mass is 220 g/mol. The standard InChI is InChI=1S/C6H5BrO2S/c7-5-3-10-2-4(5)6(9)1-8/h1-3,6,9H. The van der Waals surface area contributed by atoms with Crippen LogP contribution in [0.2, 0.25) is 0 Å². The molecule has 1 aromatic heterocycles. The fourth-order valence-electron chi connectivity index (χ4n) is 0.576. The number of carbonyl (C=O) groups excluding carboxylic acids is 1. The van der Waals surface area contributed by atoms with Crippen molar-refractivity contribution in [2.24, 2.45) is 0 Å². The molecule has 0 aliphatic rings. The molecule has 0 aliphatic heterocycles. The summed E-state index contributed by atoms with van der Waals surface area (Å²) in [6.07, 6.45) is -0.479. The number of hydrogen-bond donors (Lipinski definition) is 1. The molecule has 1 atom stereocenters. The van der Waals surface area contributed by atoms with Gasteiger partial charge in [-0.3, -0.25) is 0 Å². The number of aliphatic hydroxyl groups is 1. The SMILES string of the molecule is O=CC(O)c1cscc1Br. The maximum atomic E-state index is 10.1. The smallest absolute Gasteiger partial charge is 0.153 e. The lowest BCUT2D eigenvalue weighted by molar-refractivity contribution is -0.115. The van der Waals surface area contributed by atoms with E-state index in [9.17, 15) is 4.79 Å². The van der Waals surface area contributed by atoms with Crippen molar-refractivity contribution in [3.63, 3.8) is 0 Å². The van der Waals surface area contributed by atoms with Crippen molar-refractivity contribution in [2.75, 3.05) is 0 Å². The van der Waals surface area contributed by atoms with Crippen LogP contribution in [0.1, 0.15) is 11.7 Å². The fraction of sp³-hybridized carbons (Fsp3) is 0.167. The molecule has 0 fully saturated rings. The molecule has 0 aliphatic carbocycles. The first-order valence-electron chi connectivity index (χ1n) is 2.60. The van der Waals surface area contributed by atoms with Crippen molar-refractivity contribution in [3.05, 3.63) is 20.8 Å². The molecular formula is C6H5BrO2S. The fourth-order valence-corrected chi connectivity index (χ4v) is 2.14. The molecule has 1 rings (SSSR count). The first kappa shape index (κ1) is 7.91. The lowest BCUT2D eigenvalue weighted by Gasteiger charge is -1.98. The van der Waals surface area contributed by atoms with Crippen LogP contribution >= 0.6 is 27.3 Å². The third-order valence-electron chi connectivity index (χ3n) is 1.09. The second-order valence-electron chi connectivity index (χ2n) is 1.76. The number of rotatable bonds is 2. The minimum atomic E-state index is -0.986. The summed E-state index contributed by atoms with van der Waals surface area (Å²) < 4.78 is 0.789. The Morgan fingerprint density at radius 1 is 1.70 bits per heavy atom. The van der Waals surface area contributed by atoms with Crippen molar-refractivity contribution >= 4 is 33.6 Å². The summed E-state index contributed by atoms with van der Waals surface area (Å²) in [6.45, 7) is 0. The molecular weight excluding hydrogens is 216 g/mol. The molecule has 0 spiro atoms. The Bertz CT molecular complexity index is 233. The van der Waals surface area contributed by atoms with Crippen LogP contribution in [0.5, 0.6) is 0 Å². The Morgan fingerprint density at radius 2 is 2.40 bits per heavy atom. The summed E-state index contributed by atoms with van der Waals surface area (Å²) in [5.41, 5.74) is 0.639. The first-order chi connectivity index (χ1) is 4.75. The normalized spacial score (nSPS) is 13.0. The minimum Gasteiger partial charge on any atom is -0.381 e. The van der Waals surface area contributed by atoms with E-state index in [1.54, 1.807) is 5.38 Å². The van der Waals surface area contributed by atoms with Crippen LogP contribution in [0.15, 0.2) is 15.2 Å². The largest absolute Gasteiger partial charge is 0.381 e. The predicted molar refractivity (Wildman–Crippen MR) is 43.0 cm³/mol. The molecule has 0 saturated carbocycles. The molecule has 4 heteroatoms. The maximum absolute atomic E-state index is 10.1. The molecule has 0 bridgehead atoms. The van der Waals surface area contributed by atoms with Gasteiger partial charge in [-0.1, -0.05) is 0 Å². The van der Waals surface area contributed by atoms with Crippen molar-refractivity contribution in [3.8, 4) is 0 Å². The van der Waals surface area contributed by atoms with Gasteiger partial charge >= 0.3 is 0 Å². The molecule has 1 heterocycles. The molecule has 54 valence electrons. The van der Waals surface area contributed by atoms with E-state index in [1.165, 1.54) is 11.3 Å². The summed E-state index contributed by atoms with van der Waals surface area (Å²) >= 11 is 4.64. The van der Waals surface area contributed by atoms with Crippen molar-refractivity contribution in [2.45, 2.75) is 6.10 Å². The summed E-state index contributed by atoms with van der Waals surface area (Å²) in [4.78, 5) is 10.1. The van der Waals surface area contributed by atoms with E-state index in [0.29, 0.717) is 11.8 Å². The highest BCUT2D eigenvalue weighted by Gasteiger charge is 2.09. The van der Waals surface area contributed by atoms with Gasteiger partial charge < -0.3 is 9.90 Å². The minimum absolute atomic E-state index is 0.507. The van der Waals surface area contributed by atoms with Gasteiger partial charge in [0.05, 0.1) is 0 Å². The quantitative estimate of drug-likeness (QED) is 0.772. The van der Waals surface area contributed by atoms with E-state index in [1.807, 2.05) is 5.38 Å². The average molecular weight is 221 g/mol. The van der Waals surface area contributed by atoms with Crippen molar-refractivity contribution < 1.29 is 9.90 Å². The van der Waals surface area contributed by atoms with Crippen LogP contribution < -0.4 is 0 Å². The number of thiophene rings is 1. The number of aldehydes is 1. The summed E-state index contributed by atoms with van der Waals surface area (Å²) in [6, 6.07) is 0. The Balaban J connectivity index is 2.92. The van der Waals surface area contributed by atoms with Crippen molar-refractivity contribution in [1.29, 1.82) is 0 Å². The molecule has 10 heavy (non-hydrogen) atoms. The third kappa shape index (κ3) is 1.45. The average Bonchev–Trinajstić information content (AvgIpc) is 2.34. The Kier molecular flexibility index (Phi) is 2.59. The molecule has 0 radical (unpaired) electrons. The molecule has 0 saturated heterocycles. The zero-order valence-corrected chi connectivity index (χ0v) is 7.35. The van der Waals surface area contributed by atoms with E-state index < -0.39 is 6.10 Å². The van der Waals surface area contributed by atoms with E-state index in [4.69, 9.17) is 5.11 Å². The van der Waals surface area contributed by atoms with Gasteiger partial charge in [-0.2, -0.15) is 11.3 Å². The van der Waals surface area contributed by atoms with Crippen molar-refractivity contribution in [1.82, 2.24) is 0 Å². The molecule has 1 aromatic rings. The number of hydrogen-bond acceptors (Lipinski definition) is 3. The molecule has 1 N–H and O–H groups in total. The maximum Gasteiger partial charge on any atom is 0.153 e. The lowest BCUT2D eigenvalue weighted by atomic mass is 10.2. The second kappa shape index (κ2) is 3.27. The summed E-state index contributed by atoms with van der Waals surface area (Å²) in [7, 11) is 0. The van der Waals surface area contributed by atoms with E-state index in [-0.39, 0.29) is 0 Å². The number of aliphatic hydroxyl groups excluding tert-OH is 1. The van der Waals surface area contributed by atoms with Gasteiger partial charge in [0, 0.05) is 15.4 Å². The zero-order valence-electron chi connectivity index (χ0n) is 4.95. The second-order valence-corrected chi connectivity index (χ2v) is 3.35. The van der Waals surface area contributed by atoms with Gasteiger partial charge in [0.15, 0.2) is 6.29 Å². The van der Waals surface area contributed by atoms with Crippen LogP contribution in [0.25, 0.3) is 0 Å². The van der Waals surface area contributed by atoms with Crippen LogP contribution in [0.3, 0.4) is 0 Å². The number of halogens is 1. The van der Waals surface area contributed by atoms with Crippen LogP contribution in [-0.2, 0) is 4.79 Å². The first-order valence-corrected chi connectivity index (χ1v) is 4.34. The zero-order chi connectivity index (χ0) is 7.56. The summed E-state index contributed by atoms with van der Waals surface area (Å²) in [5.74, 6) is 0. The predicted octanol–water partition coefficient (Wildman–Crippen LogP) is 1.74. The Morgan fingerprint density at radius 3 is 2.80 bits per heavy atom.